The lowest BCUT2D eigenvalue weighted by Gasteiger charge is -2.33. The molecule has 3 N–H and O–H groups in total. The lowest BCUT2D eigenvalue weighted by Crippen LogP contribution is -2.53. The van der Waals surface area contributed by atoms with Crippen LogP contribution in [0.1, 0.15) is 64.4 Å². The minimum atomic E-state index is -1.16. The molecule has 1 aliphatic heterocycles. The maximum absolute atomic E-state index is 13.7. The number of hydrogen-bond donors (Lipinski definition) is 3. The quantitative estimate of drug-likeness (QED) is 0.434. The molecule has 3 amide bonds. The lowest BCUT2D eigenvalue weighted by molar-refractivity contribution is -0.149. The van der Waals surface area contributed by atoms with Crippen LogP contribution in [-0.4, -0.2) is 70.4 Å². The van der Waals surface area contributed by atoms with E-state index in [2.05, 4.69) is 5.32 Å². The van der Waals surface area contributed by atoms with E-state index in [1.807, 2.05) is 26.0 Å². The largest absolute Gasteiger partial charge is 0.481 e. The monoisotopic (exact) mass is 515 g/mol. The highest BCUT2D eigenvalue weighted by molar-refractivity contribution is 6.03. The first-order valence-electron chi connectivity index (χ1n) is 12.9. The molecular weight excluding hydrogens is 478 g/mol. The molecule has 10 nitrogen and oxygen atoms in total. The second kappa shape index (κ2) is 11.7. The Morgan fingerprint density at radius 1 is 1.14 bits per heavy atom. The Bertz CT molecular complexity index is 1050. The fourth-order valence-electron chi connectivity index (χ4n) is 5.40. The van der Waals surface area contributed by atoms with E-state index in [9.17, 15) is 34.2 Å². The van der Waals surface area contributed by atoms with Crippen molar-refractivity contribution in [1.82, 2.24) is 10.2 Å². The minimum Gasteiger partial charge on any atom is -0.481 e. The van der Waals surface area contributed by atoms with Crippen molar-refractivity contribution in [1.29, 1.82) is 0 Å². The van der Waals surface area contributed by atoms with Gasteiger partial charge in [0.25, 0.3) is 0 Å². The Morgan fingerprint density at radius 3 is 2.38 bits per heavy atom. The molecule has 2 atom stereocenters. The van der Waals surface area contributed by atoms with Gasteiger partial charge < -0.3 is 20.4 Å². The summed E-state index contributed by atoms with van der Waals surface area (Å²) in [5.41, 5.74) is 0.334. The fraction of sp³-hybridized carbons (Fsp3) is 0.593. The Hall–Kier alpha value is -3.43. The van der Waals surface area contributed by atoms with Crippen LogP contribution in [0, 0.1) is 11.3 Å². The zero-order valence-corrected chi connectivity index (χ0v) is 21.7. The maximum atomic E-state index is 13.7. The predicted octanol–water partition coefficient (Wildman–Crippen LogP) is 2.44. The maximum Gasteiger partial charge on any atom is 0.323 e. The molecule has 1 saturated carbocycles. The number of aliphatic carboxylic acids is 2. The van der Waals surface area contributed by atoms with Gasteiger partial charge in [0.1, 0.15) is 12.6 Å². The van der Waals surface area contributed by atoms with Gasteiger partial charge in [0.15, 0.2) is 0 Å². The first-order valence-corrected chi connectivity index (χ1v) is 12.9. The lowest BCUT2D eigenvalue weighted by atomic mass is 9.75. The van der Waals surface area contributed by atoms with Crippen molar-refractivity contribution < 1.29 is 34.2 Å². The van der Waals surface area contributed by atoms with Crippen LogP contribution in [0.15, 0.2) is 24.3 Å². The van der Waals surface area contributed by atoms with E-state index in [-0.39, 0.29) is 24.8 Å². The third kappa shape index (κ3) is 6.47. The van der Waals surface area contributed by atoms with Crippen LogP contribution >= 0.6 is 0 Å². The molecule has 0 bridgehead atoms. The van der Waals surface area contributed by atoms with Crippen molar-refractivity contribution in [2.24, 2.45) is 11.3 Å². The zero-order chi connectivity index (χ0) is 27.3. The van der Waals surface area contributed by atoms with Gasteiger partial charge in [0, 0.05) is 25.2 Å². The number of para-hydroxylation sites is 1. The van der Waals surface area contributed by atoms with Gasteiger partial charge in [-0.25, -0.2) is 0 Å². The fourth-order valence-corrected chi connectivity index (χ4v) is 5.40. The summed E-state index contributed by atoms with van der Waals surface area (Å²) in [5, 5.41) is 22.2. The smallest absolute Gasteiger partial charge is 0.323 e. The minimum absolute atomic E-state index is 0.00577. The second-order valence-corrected chi connectivity index (χ2v) is 10.5. The van der Waals surface area contributed by atoms with Gasteiger partial charge in [-0.05, 0) is 57.6 Å². The normalized spacial score (nSPS) is 19.6. The molecule has 10 heteroatoms. The second-order valence-electron chi connectivity index (χ2n) is 10.5. The summed E-state index contributed by atoms with van der Waals surface area (Å²) in [5.74, 6) is -4.52. The molecule has 202 valence electrons. The number of fused-ring (bicyclic) bond motifs is 1. The molecule has 0 radical (unpaired) electrons. The van der Waals surface area contributed by atoms with Gasteiger partial charge >= 0.3 is 11.9 Å². The summed E-state index contributed by atoms with van der Waals surface area (Å²) in [7, 11) is 1.63. The first-order chi connectivity index (χ1) is 17.4. The van der Waals surface area contributed by atoms with Crippen molar-refractivity contribution >= 4 is 35.3 Å². The van der Waals surface area contributed by atoms with Gasteiger partial charge in [-0.3, -0.25) is 28.9 Å². The third-order valence-electron chi connectivity index (χ3n) is 7.77. The number of rotatable bonds is 10. The summed E-state index contributed by atoms with van der Waals surface area (Å²) in [6, 6.07) is 6.07. The zero-order valence-electron chi connectivity index (χ0n) is 21.7. The molecule has 2 aliphatic rings. The summed E-state index contributed by atoms with van der Waals surface area (Å²) < 4.78 is 0. The Kier molecular flexibility index (Phi) is 8.94. The molecule has 0 saturated heterocycles. The summed E-state index contributed by atoms with van der Waals surface area (Å²) in [4.78, 5) is 66.1. The number of anilines is 1. The van der Waals surface area contributed by atoms with E-state index < -0.39 is 47.7 Å². The number of nitrogens with one attached hydrogen (secondary N) is 1. The molecule has 0 aromatic heterocycles. The highest BCUT2D eigenvalue weighted by Gasteiger charge is 2.46. The van der Waals surface area contributed by atoms with Crippen LogP contribution in [0.5, 0.6) is 0 Å². The molecule has 37 heavy (non-hydrogen) atoms. The topological polar surface area (TPSA) is 144 Å². The third-order valence-corrected chi connectivity index (χ3v) is 7.77. The van der Waals surface area contributed by atoms with Crippen LogP contribution in [0.3, 0.4) is 0 Å². The van der Waals surface area contributed by atoms with Gasteiger partial charge in [-0.15, -0.1) is 0 Å². The Labute approximate surface area is 217 Å². The van der Waals surface area contributed by atoms with Crippen molar-refractivity contribution in [3.8, 4) is 0 Å². The van der Waals surface area contributed by atoms with Gasteiger partial charge in [0.2, 0.25) is 17.7 Å². The van der Waals surface area contributed by atoms with E-state index >= 15 is 0 Å². The Balaban J connectivity index is 1.81. The van der Waals surface area contributed by atoms with Gasteiger partial charge in [-0.1, -0.05) is 31.0 Å². The Morgan fingerprint density at radius 2 is 1.78 bits per heavy atom. The summed E-state index contributed by atoms with van der Waals surface area (Å²) >= 11 is 0. The summed E-state index contributed by atoms with van der Waals surface area (Å²) in [6.07, 6.45) is 3.00. The number of amides is 3. The SMILES string of the molecule is CC(C)N(C)C(=O)CC(CC1(C(=O)NC2CCc3ccccc3N(CC(=O)O)C2=O)CCCC1)C(=O)O. The molecule has 2 unspecified atom stereocenters. The molecule has 3 rings (SSSR count). The molecule has 1 aromatic rings. The average molecular weight is 516 g/mol. The van der Waals surface area contributed by atoms with Crippen LogP contribution in [-0.2, 0) is 30.4 Å². The summed E-state index contributed by atoms with van der Waals surface area (Å²) in [6.45, 7) is 3.16. The molecule has 0 spiro atoms. The molecule has 1 aliphatic carbocycles. The van der Waals surface area contributed by atoms with Crippen LogP contribution < -0.4 is 10.2 Å². The van der Waals surface area contributed by atoms with E-state index in [0.29, 0.717) is 31.4 Å². The number of carbonyl (C=O) groups excluding carboxylic acids is 3. The molecule has 1 fully saturated rings. The number of aryl methyl sites for hydroxylation is 1. The first kappa shape index (κ1) is 28.1. The average Bonchev–Trinajstić information content (AvgIpc) is 3.29. The van der Waals surface area contributed by atoms with E-state index in [4.69, 9.17) is 0 Å². The van der Waals surface area contributed by atoms with E-state index in [1.165, 1.54) is 9.80 Å². The van der Waals surface area contributed by atoms with E-state index in [0.717, 1.165) is 18.4 Å². The van der Waals surface area contributed by atoms with Crippen LogP contribution in [0.25, 0.3) is 0 Å². The number of benzene rings is 1. The number of carboxylic acid groups (broad SMARTS) is 2. The van der Waals surface area contributed by atoms with Crippen molar-refractivity contribution in [2.75, 3.05) is 18.5 Å². The van der Waals surface area contributed by atoms with E-state index in [1.54, 1.807) is 19.2 Å². The highest BCUT2D eigenvalue weighted by Crippen LogP contribution is 2.44. The highest BCUT2D eigenvalue weighted by atomic mass is 16.4. The number of carboxylic acids is 2. The standard InChI is InChI=1S/C27H37N3O7/c1-17(2)29(3)22(31)14-19(25(35)36)15-27(12-6-7-13-27)26(37)28-20-11-10-18-8-4-5-9-21(18)30(24(20)34)16-23(32)33/h4-5,8-9,17,19-20H,6-7,10-16H2,1-3H3,(H,28,37)(H,32,33)(H,35,36). The molecule has 1 aromatic carbocycles. The number of nitrogens with zero attached hydrogens (tertiary/aromatic N) is 2. The van der Waals surface area contributed by atoms with Crippen molar-refractivity contribution in [2.45, 2.75) is 77.3 Å². The predicted molar refractivity (Wildman–Crippen MR) is 136 cm³/mol. The number of carbonyl (C=O) groups is 5. The van der Waals surface area contributed by atoms with Gasteiger partial charge in [0.05, 0.1) is 11.3 Å². The number of hydrogen-bond acceptors (Lipinski definition) is 5. The molecular formula is C27H37N3O7. The van der Waals surface area contributed by atoms with Crippen LogP contribution in [0.2, 0.25) is 0 Å². The van der Waals surface area contributed by atoms with Crippen molar-refractivity contribution in [3.63, 3.8) is 0 Å². The van der Waals surface area contributed by atoms with Crippen molar-refractivity contribution in [3.05, 3.63) is 29.8 Å². The molecule has 1 heterocycles. The van der Waals surface area contributed by atoms with Crippen LogP contribution in [0.4, 0.5) is 5.69 Å². The van der Waals surface area contributed by atoms with Gasteiger partial charge in [-0.2, -0.15) is 0 Å².